The number of carbonyl (C=O) groups excluding carboxylic acids is 1. The number of aryl methyl sites for hydroxylation is 2. The van der Waals surface area contributed by atoms with Gasteiger partial charge in [0.05, 0.1) is 23.7 Å². The van der Waals surface area contributed by atoms with Gasteiger partial charge < -0.3 is 9.80 Å². The topological polar surface area (TPSA) is 80.0 Å². The molecule has 0 bridgehead atoms. The molecule has 2 saturated heterocycles. The van der Waals surface area contributed by atoms with Crippen LogP contribution in [0.3, 0.4) is 0 Å². The second-order valence-corrected chi connectivity index (χ2v) is 9.03. The van der Waals surface area contributed by atoms with Gasteiger partial charge in [0.15, 0.2) is 0 Å². The number of hydrogen-bond donors (Lipinski definition) is 0. The standard InChI is InChI=1S/C22H26FN7O/c1-14-8-15(2)27-21(26-14)29-12-16-10-28(11-17(16)13-29)20(31)18-4-5-22(3,23)9-19(18)30-24-6-7-25-30/h4,6-9,16-17H,5,10-13H2,1-3H3. The third kappa shape index (κ3) is 3.73. The first-order valence-electron chi connectivity index (χ1n) is 10.6. The lowest BCUT2D eigenvalue weighted by Crippen LogP contribution is -2.36. The van der Waals surface area contributed by atoms with Gasteiger partial charge in [0.25, 0.3) is 5.91 Å². The van der Waals surface area contributed by atoms with Crippen molar-refractivity contribution >= 4 is 17.6 Å². The van der Waals surface area contributed by atoms with Crippen molar-refractivity contribution < 1.29 is 9.18 Å². The van der Waals surface area contributed by atoms with Crippen LogP contribution in [0, 0.1) is 25.7 Å². The highest BCUT2D eigenvalue weighted by atomic mass is 19.1. The predicted molar refractivity (Wildman–Crippen MR) is 114 cm³/mol. The van der Waals surface area contributed by atoms with Gasteiger partial charge in [-0.05, 0) is 32.9 Å². The molecule has 162 valence electrons. The highest BCUT2D eigenvalue weighted by molar-refractivity contribution is 6.06. The Morgan fingerprint density at radius 3 is 2.29 bits per heavy atom. The Balaban J connectivity index is 1.31. The van der Waals surface area contributed by atoms with Gasteiger partial charge in [-0.15, -0.1) is 0 Å². The molecule has 3 atom stereocenters. The van der Waals surface area contributed by atoms with Gasteiger partial charge in [-0.1, -0.05) is 6.08 Å². The summed E-state index contributed by atoms with van der Waals surface area (Å²) in [5, 5.41) is 8.24. The van der Waals surface area contributed by atoms with E-state index >= 15 is 0 Å². The minimum absolute atomic E-state index is 0.0809. The lowest BCUT2D eigenvalue weighted by Gasteiger charge is -2.27. The molecule has 2 aliphatic heterocycles. The molecule has 1 aliphatic carbocycles. The van der Waals surface area contributed by atoms with Crippen molar-refractivity contribution in [3.05, 3.63) is 47.6 Å². The van der Waals surface area contributed by atoms with Crippen LogP contribution >= 0.6 is 0 Å². The summed E-state index contributed by atoms with van der Waals surface area (Å²) >= 11 is 0. The van der Waals surface area contributed by atoms with Crippen LogP contribution in [-0.2, 0) is 4.79 Å². The molecule has 0 spiro atoms. The highest BCUT2D eigenvalue weighted by Gasteiger charge is 2.44. The largest absolute Gasteiger partial charge is 0.340 e. The third-order valence-electron chi connectivity index (χ3n) is 6.31. The number of alkyl halides is 1. The van der Waals surface area contributed by atoms with Crippen molar-refractivity contribution in [2.75, 3.05) is 31.1 Å². The minimum atomic E-state index is -1.53. The average Bonchev–Trinajstić information content (AvgIpc) is 3.42. The molecule has 2 aromatic heterocycles. The first-order chi connectivity index (χ1) is 14.8. The zero-order valence-electron chi connectivity index (χ0n) is 18.0. The summed E-state index contributed by atoms with van der Waals surface area (Å²) in [5.41, 5.74) is 1.29. The molecule has 4 heterocycles. The smallest absolute Gasteiger partial charge is 0.255 e. The summed E-state index contributed by atoms with van der Waals surface area (Å²) in [5.74, 6) is 1.44. The number of nitrogens with zero attached hydrogens (tertiary/aromatic N) is 7. The SMILES string of the molecule is Cc1cc(C)nc(N2CC3CN(C(=O)C4=CCC(C)(F)C=C4n4nccn4)CC3C2)n1. The average molecular weight is 423 g/mol. The molecule has 0 radical (unpaired) electrons. The molecule has 3 unspecified atom stereocenters. The molecular weight excluding hydrogens is 397 g/mol. The summed E-state index contributed by atoms with van der Waals surface area (Å²) in [6, 6.07) is 1.97. The maximum Gasteiger partial charge on any atom is 0.255 e. The molecule has 5 rings (SSSR count). The number of likely N-dealkylation sites (tertiary alicyclic amines) is 1. The molecule has 0 saturated carbocycles. The Hall–Kier alpha value is -3.10. The van der Waals surface area contributed by atoms with Crippen LogP contribution in [0.4, 0.5) is 10.3 Å². The lowest BCUT2D eigenvalue weighted by molar-refractivity contribution is -0.126. The first-order valence-corrected chi connectivity index (χ1v) is 10.6. The Morgan fingerprint density at radius 1 is 1.06 bits per heavy atom. The van der Waals surface area contributed by atoms with E-state index in [1.54, 1.807) is 6.08 Å². The lowest BCUT2D eigenvalue weighted by atomic mass is 9.92. The number of hydrogen-bond acceptors (Lipinski definition) is 6. The van der Waals surface area contributed by atoms with E-state index in [2.05, 4.69) is 25.1 Å². The molecule has 3 aliphatic rings. The maximum absolute atomic E-state index is 14.6. The van der Waals surface area contributed by atoms with E-state index in [9.17, 15) is 9.18 Å². The number of amides is 1. The number of allylic oxidation sites excluding steroid dienone is 2. The number of anilines is 1. The van der Waals surface area contributed by atoms with E-state index < -0.39 is 5.67 Å². The van der Waals surface area contributed by atoms with Gasteiger partial charge in [0.1, 0.15) is 5.67 Å². The molecule has 2 fully saturated rings. The number of halogens is 1. The van der Waals surface area contributed by atoms with Crippen LogP contribution in [-0.4, -0.2) is 67.6 Å². The van der Waals surface area contributed by atoms with Gasteiger partial charge in [-0.2, -0.15) is 15.0 Å². The van der Waals surface area contributed by atoms with E-state index in [0.29, 0.717) is 36.2 Å². The fourth-order valence-electron chi connectivity index (χ4n) is 4.87. The van der Waals surface area contributed by atoms with E-state index in [4.69, 9.17) is 0 Å². The van der Waals surface area contributed by atoms with E-state index in [1.165, 1.54) is 30.2 Å². The van der Waals surface area contributed by atoms with Gasteiger partial charge in [0.2, 0.25) is 5.95 Å². The first kappa shape index (κ1) is 19.8. The van der Waals surface area contributed by atoms with Crippen molar-refractivity contribution in [3.8, 4) is 0 Å². The fourth-order valence-corrected chi connectivity index (χ4v) is 4.87. The monoisotopic (exact) mass is 423 g/mol. The van der Waals surface area contributed by atoms with Crippen LogP contribution in [0.1, 0.15) is 24.7 Å². The Bertz CT molecular complexity index is 1040. The number of fused-ring (bicyclic) bond motifs is 1. The summed E-state index contributed by atoms with van der Waals surface area (Å²) in [6.07, 6.45) is 6.35. The zero-order valence-corrected chi connectivity index (χ0v) is 18.0. The van der Waals surface area contributed by atoms with E-state index in [-0.39, 0.29) is 12.3 Å². The summed E-state index contributed by atoms with van der Waals surface area (Å²) < 4.78 is 14.6. The molecule has 8 nitrogen and oxygen atoms in total. The number of rotatable bonds is 3. The van der Waals surface area contributed by atoms with Crippen LogP contribution in [0.25, 0.3) is 5.70 Å². The Labute approximate surface area is 180 Å². The summed E-state index contributed by atoms with van der Waals surface area (Å²) in [4.78, 5) is 28.0. The maximum atomic E-state index is 14.6. The normalized spacial score (nSPS) is 27.9. The van der Waals surface area contributed by atoms with E-state index in [1.807, 2.05) is 24.8 Å². The van der Waals surface area contributed by atoms with Crippen molar-refractivity contribution in [2.24, 2.45) is 11.8 Å². The van der Waals surface area contributed by atoms with Gasteiger partial charge in [0, 0.05) is 55.8 Å². The van der Waals surface area contributed by atoms with Crippen LogP contribution in [0.15, 0.2) is 36.2 Å². The van der Waals surface area contributed by atoms with Crippen LogP contribution in [0.2, 0.25) is 0 Å². The third-order valence-corrected chi connectivity index (χ3v) is 6.31. The quantitative estimate of drug-likeness (QED) is 0.753. The van der Waals surface area contributed by atoms with Crippen molar-refractivity contribution in [1.29, 1.82) is 0 Å². The fraction of sp³-hybridized carbons (Fsp3) is 0.500. The highest BCUT2D eigenvalue weighted by Crippen LogP contribution is 2.36. The summed E-state index contributed by atoms with van der Waals surface area (Å²) in [7, 11) is 0. The van der Waals surface area contributed by atoms with Gasteiger partial charge in [-0.25, -0.2) is 14.4 Å². The molecule has 1 amide bonds. The Kier molecular flexibility index (Phi) is 4.64. The van der Waals surface area contributed by atoms with Crippen LogP contribution in [0.5, 0.6) is 0 Å². The van der Waals surface area contributed by atoms with Gasteiger partial charge in [-0.3, -0.25) is 4.79 Å². The molecule has 31 heavy (non-hydrogen) atoms. The van der Waals surface area contributed by atoms with Gasteiger partial charge >= 0.3 is 0 Å². The van der Waals surface area contributed by atoms with Crippen molar-refractivity contribution in [3.63, 3.8) is 0 Å². The summed E-state index contributed by atoms with van der Waals surface area (Å²) in [6.45, 7) is 8.48. The van der Waals surface area contributed by atoms with Crippen molar-refractivity contribution in [2.45, 2.75) is 32.9 Å². The van der Waals surface area contributed by atoms with E-state index in [0.717, 1.165) is 30.4 Å². The molecule has 0 N–H and O–H groups in total. The molecule has 2 aromatic rings. The predicted octanol–water partition coefficient (Wildman–Crippen LogP) is 2.18. The zero-order chi connectivity index (χ0) is 21.8. The minimum Gasteiger partial charge on any atom is -0.340 e. The molecule has 0 aromatic carbocycles. The molecular formula is C22H26FN7O. The second kappa shape index (κ2) is 7.25. The Morgan fingerprint density at radius 2 is 1.68 bits per heavy atom. The number of aromatic nitrogens is 5. The van der Waals surface area contributed by atoms with Crippen molar-refractivity contribution in [1.82, 2.24) is 29.9 Å². The number of carbonyl (C=O) groups is 1. The van der Waals surface area contributed by atoms with Crippen LogP contribution < -0.4 is 4.90 Å². The second-order valence-electron chi connectivity index (χ2n) is 9.03. The molecule has 9 heteroatoms.